The lowest BCUT2D eigenvalue weighted by Crippen LogP contribution is -2.26. The Morgan fingerprint density at radius 2 is 2.16 bits per heavy atom. The van der Waals surface area contributed by atoms with Crippen molar-refractivity contribution in [1.82, 2.24) is 14.1 Å². The normalized spacial score (nSPS) is 11.0. The van der Waals surface area contributed by atoms with Crippen LogP contribution in [0.4, 0.5) is 5.82 Å². The fourth-order valence-electron chi connectivity index (χ4n) is 1.78. The zero-order valence-electron chi connectivity index (χ0n) is 10.8. The molecule has 2 heterocycles. The number of hydrogen-bond donors (Lipinski definition) is 2. The first-order chi connectivity index (χ1) is 9.02. The van der Waals surface area contributed by atoms with Crippen molar-refractivity contribution in [3.8, 4) is 0 Å². The van der Waals surface area contributed by atoms with Gasteiger partial charge in [-0.1, -0.05) is 11.6 Å². The van der Waals surface area contributed by atoms with Gasteiger partial charge in [0.25, 0.3) is 0 Å². The van der Waals surface area contributed by atoms with Crippen LogP contribution in [-0.2, 0) is 6.54 Å². The number of nitrogens with two attached hydrogens (primary N) is 1. The monoisotopic (exact) mass is 281 g/mol. The topological polar surface area (TPSA) is 77.9 Å². The summed E-state index contributed by atoms with van der Waals surface area (Å²) in [4.78, 5) is 16.3. The lowest BCUT2D eigenvalue weighted by molar-refractivity contribution is 0.560. The fourth-order valence-corrected chi connectivity index (χ4v) is 1.94. The summed E-state index contributed by atoms with van der Waals surface area (Å²) in [5, 5.41) is 0.503. The van der Waals surface area contributed by atoms with Crippen LogP contribution in [0.3, 0.4) is 0 Å². The molecule has 0 atom stereocenters. The van der Waals surface area contributed by atoms with E-state index in [-0.39, 0.29) is 11.7 Å². The molecule has 102 valence electrons. The lowest BCUT2D eigenvalue weighted by atomic mass is 10.3. The molecule has 6 nitrogen and oxygen atoms in total. The molecule has 0 saturated carbocycles. The fraction of sp³-hybridized carbons (Fsp3) is 0.333. The molecule has 2 rings (SSSR count). The minimum Gasteiger partial charge on any atom is -0.308 e. The van der Waals surface area contributed by atoms with E-state index in [0.717, 1.165) is 0 Å². The first-order valence-electron chi connectivity index (χ1n) is 5.92. The lowest BCUT2D eigenvalue weighted by Gasteiger charge is -2.07. The van der Waals surface area contributed by atoms with Crippen molar-refractivity contribution in [1.29, 1.82) is 0 Å². The Labute approximate surface area is 115 Å². The zero-order valence-corrected chi connectivity index (χ0v) is 11.6. The Hall–Kier alpha value is -1.79. The largest absolute Gasteiger partial charge is 0.328 e. The predicted octanol–water partition coefficient (Wildman–Crippen LogP) is 1.61. The van der Waals surface area contributed by atoms with Crippen LogP contribution in [-0.4, -0.2) is 14.1 Å². The highest BCUT2D eigenvalue weighted by molar-refractivity contribution is 6.31. The molecule has 0 aromatic carbocycles. The molecule has 0 aliphatic rings. The molecule has 0 unspecified atom stereocenters. The summed E-state index contributed by atoms with van der Waals surface area (Å²) in [6, 6.07) is 3.49. The second-order valence-corrected chi connectivity index (χ2v) is 4.89. The number of imidazole rings is 1. The van der Waals surface area contributed by atoms with Crippen LogP contribution in [0, 0.1) is 0 Å². The number of nitrogen functional groups attached to an aromatic ring is 1. The molecule has 3 N–H and O–H groups in total. The van der Waals surface area contributed by atoms with Gasteiger partial charge in [0.05, 0.1) is 17.3 Å². The average Bonchev–Trinajstić information content (AvgIpc) is 2.74. The molecule has 2 aromatic rings. The van der Waals surface area contributed by atoms with Crippen molar-refractivity contribution in [3.05, 3.63) is 45.7 Å². The van der Waals surface area contributed by atoms with E-state index in [1.165, 1.54) is 0 Å². The average molecular weight is 282 g/mol. The molecule has 0 bridgehead atoms. The van der Waals surface area contributed by atoms with Gasteiger partial charge in [0.1, 0.15) is 5.82 Å². The Kier molecular flexibility index (Phi) is 3.92. The molecule has 0 radical (unpaired) electrons. The summed E-state index contributed by atoms with van der Waals surface area (Å²) in [6.45, 7) is 4.22. The standard InChI is InChI=1S/C12H16ClN5O/c1-8(2)18-6-5-17(12(18)19)7-10-9(13)3-4-11(15-10)16-14/h3-6,8H,7,14H2,1-2H3,(H,15,16). The van der Waals surface area contributed by atoms with Crippen LogP contribution in [0.1, 0.15) is 25.6 Å². The van der Waals surface area contributed by atoms with Crippen LogP contribution in [0.2, 0.25) is 5.02 Å². The molecular weight excluding hydrogens is 266 g/mol. The smallest absolute Gasteiger partial charge is 0.308 e. The van der Waals surface area contributed by atoms with Crippen LogP contribution in [0.25, 0.3) is 0 Å². The quantitative estimate of drug-likeness (QED) is 0.659. The maximum atomic E-state index is 12.1. The minimum atomic E-state index is -0.0843. The van der Waals surface area contributed by atoms with E-state index in [9.17, 15) is 4.79 Å². The number of hydrazine groups is 1. The van der Waals surface area contributed by atoms with E-state index in [1.54, 1.807) is 33.7 Å². The highest BCUT2D eigenvalue weighted by atomic mass is 35.5. The minimum absolute atomic E-state index is 0.0843. The number of anilines is 1. The Bertz CT molecular complexity index is 631. The van der Waals surface area contributed by atoms with E-state index in [4.69, 9.17) is 17.4 Å². The Morgan fingerprint density at radius 3 is 2.74 bits per heavy atom. The van der Waals surface area contributed by atoms with Gasteiger partial charge in [-0.05, 0) is 26.0 Å². The van der Waals surface area contributed by atoms with E-state index >= 15 is 0 Å². The molecule has 2 aromatic heterocycles. The highest BCUT2D eigenvalue weighted by Gasteiger charge is 2.10. The van der Waals surface area contributed by atoms with E-state index in [1.807, 2.05) is 13.8 Å². The molecule has 0 spiro atoms. The van der Waals surface area contributed by atoms with Crippen molar-refractivity contribution in [3.63, 3.8) is 0 Å². The summed E-state index contributed by atoms with van der Waals surface area (Å²) in [5.74, 6) is 5.82. The summed E-state index contributed by atoms with van der Waals surface area (Å²) in [7, 11) is 0. The maximum Gasteiger partial charge on any atom is 0.328 e. The van der Waals surface area contributed by atoms with E-state index in [2.05, 4.69) is 10.4 Å². The molecule has 0 saturated heterocycles. The van der Waals surface area contributed by atoms with Crippen molar-refractivity contribution in [2.24, 2.45) is 5.84 Å². The molecule has 0 aliphatic heterocycles. The summed E-state index contributed by atoms with van der Waals surface area (Å²) >= 11 is 6.07. The third-order valence-corrected chi connectivity index (χ3v) is 3.16. The van der Waals surface area contributed by atoms with Crippen LogP contribution < -0.4 is 17.0 Å². The van der Waals surface area contributed by atoms with Gasteiger partial charge in [0.2, 0.25) is 0 Å². The number of nitrogens with one attached hydrogen (secondary N) is 1. The molecule has 0 fully saturated rings. The van der Waals surface area contributed by atoms with E-state index in [0.29, 0.717) is 23.1 Å². The van der Waals surface area contributed by atoms with Gasteiger partial charge in [-0.3, -0.25) is 9.13 Å². The molecule has 0 amide bonds. The second kappa shape index (κ2) is 5.46. The zero-order chi connectivity index (χ0) is 14.0. The number of hydrogen-bond acceptors (Lipinski definition) is 4. The first-order valence-corrected chi connectivity index (χ1v) is 6.30. The van der Waals surface area contributed by atoms with Gasteiger partial charge in [0.15, 0.2) is 0 Å². The van der Waals surface area contributed by atoms with Gasteiger partial charge in [-0.15, -0.1) is 0 Å². The molecular formula is C12H16ClN5O. The van der Waals surface area contributed by atoms with Crippen LogP contribution in [0.5, 0.6) is 0 Å². The molecule has 7 heteroatoms. The van der Waals surface area contributed by atoms with Gasteiger partial charge in [-0.2, -0.15) is 0 Å². The third-order valence-electron chi connectivity index (χ3n) is 2.82. The Morgan fingerprint density at radius 1 is 1.42 bits per heavy atom. The summed E-state index contributed by atoms with van der Waals surface area (Å²) in [5.41, 5.74) is 2.97. The van der Waals surface area contributed by atoms with Gasteiger partial charge in [-0.25, -0.2) is 15.6 Å². The van der Waals surface area contributed by atoms with Crippen LogP contribution >= 0.6 is 11.6 Å². The molecule has 0 aliphatic carbocycles. The third kappa shape index (κ3) is 2.80. The number of nitrogens with zero attached hydrogens (tertiary/aromatic N) is 3. The maximum absolute atomic E-state index is 12.1. The van der Waals surface area contributed by atoms with E-state index < -0.39 is 0 Å². The summed E-state index contributed by atoms with van der Waals surface area (Å²) < 4.78 is 3.22. The number of pyridine rings is 1. The van der Waals surface area contributed by atoms with Crippen molar-refractivity contribution in [2.45, 2.75) is 26.4 Å². The molecule has 19 heavy (non-hydrogen) atoms. The van der Waals surface area contributed by atoms with Crippen molar-refractivity contribution < 1.29 is 0 Å². The first kappa shape index (κ1) is 13.6. The van der Waals surface area contributed by atoms with Crippen LogP contribution in [0.15, 0.2) is 29.3 Å². The number of rotatable bonds is 4. The number of aromatic nitrogens is 3. The number of halogens is 1. The van der Waals surface area contributed by atoms with Gasteiger partial charge < -0.3 is 5.43 Å². The van der Waals surface area contributed by atoms with Gasteiger partial charge in [0, 0.05) is 18.4 Å². The summed E-state index contributed by atoms with van der Waals surface area (Å²) in [6.07, 6.45) is 3.48. The van der Waals surface area contributed by atoms with Crippen molar-refractivity contribution >= 4 is 17.4 Å². The second-order valence-electron chi connectivity index (χ2n) is 4.48. The SMILES string of the molecule is CC(C)n1ccn(Cc2nc(NN)ccc2Cl)c1=O. The highest BCUT2D eigenvalue weighted by Crippen LogP contribution is 2.17. The van der Waals surface area contributed by atoms with Crippen molar-refractivity contribution in [2.75, 3.05) is 5.43 Å². The predicted molar refractivity (Wildman–Crippen MR) is 75.2 cm³/mol. The van der Waals surface area contributed by atoms with Gasteiger partial charge >= 0.3 is 5.69 Å². The Balaban J connectivity index is 2.34.